The Morgan fingerprint density at radius 1 is 1.12 bits per heavy atom. The lowest BCUT2D eigenvalue weighted by molar-refractivity contribution is 0.0904. The molecule has 0 aliphatic heterocycles. The van der Waals surface area contributed by atoms with Gasteiger partial charge in [0.1, 0.15) is 12.3 Å². The van der Waals surface area contributed by atoms with Gasteiger partial charge in [0, 0.05) is 24.8 Å². The van der Waals surface area contributed by atoms with E-state index in [-0.39, 0.29) is 34.8 Å². The lowest BCUT2D eigenvalue weighted by atomic mass is 9.85. The lowest BCUT2D eigenvalue weighted by Crippen LogP contribution is -2.39. The van der Waals surface area contributed by atoms with Crippen LogP contribution in [0, 0.1) is 5.92 Å². The highest BCUT2D eigenvalue weighted by Crippen LogP contribution is 2.29. The molecule has 0 bridgehead atoms. The fourth-order valence-corrected chi connectivity index (χ4v) is 5.40. The van der Waals surface area contributed by atoms with Crippen LogP contribution in [0.2, 0.25) is 5.02 Å². The average molecular weight is 586 g/mol. The fourth-order valence-electron chi connectivity index (χ4n) is 5.25. The summed E-state index contributed by atoms with van der Waals surface area (Å²) in [5.74, 6) is -0.0692. The Kier molecular flexibility index (Phi) is 8.65. The number of para-hydroxylation sites is 2. The van der Waals surface area contributed by atoms with E-state index in [9.17, 15) is 23.5 Å². The molecule has 1 fully saturated rings. The van der Waals surface area contributed by atoms with Gasteiger partial charge < -0.3 is 15.2 Å². The first-order valence-corrected chi connectivity index (χ1v) is 13.8. The maximum absolute atomic E-state index is 13.6. The van der Waals surface area contributed by atoms with Gasteiger partial charge in [-0.15, -0.1) is 0 Å². The van der Waals surface area contributed by atoms with E-state index in [1.807, 2.05) is 24.3 Å². The summed E-state index contributed by atoms with van der Waals surface area (Å²) in [5.41, 5.74) is 1.16. The highest BCUT2D eigenvalue weighted by atomic mass is 35.5. The maximum Gasteiger partial charge on any atom is 0.333 e. The van der Waals surface area contributed by atoms with Gasteiger partial charge in [0.15, 0.2) is 0 Å². The van der Waals surface area contributed by atoms with Crippen LogP contribution in [0.15, 0.2) is 59.7 Å². The van der Waals surface area contributed by atoms with Crippen molar-refractivity contribution in [1.29, 1.82) is 0 Å². The second-order valence-electron chi connectivity index (χ2n) is 10.3. The zero-order valence-corrected chi connectivity index (χ0v) is 23.1. The molecule has 1 aromatic carbocycles. The van der Waals surface area contributed by atoms with E-state index >= 15 is 0 Å². The predicted molar refractivity (Wildman–Crippen MR) is 150 cm³/mol. The van der Waals surface area contributed by atoms with Crippen LogP contribution in [-0.4, -0.2) is 48.9 Å². The van der Waals surface area contributed by atoms with Crippen molar-refractivity contribution in [2.45, 2.75) is 57.7 Å². The second-order valence-corrected chi connectivity index (χ2v) is 10.7. The van der Waals surface area contributed by atoms with E-state index in [1.165, 1.54) is 6.07 Å². The van der Waals surface area contributed by atoms with Gasteiger partial charge in [0.2, 0.25) is 5.88 Å². The number of pyridine rings is 2. The van der Waals surface area contributed by atoms with Crippen LogP contribution in [0.4, 0.5) is 8.78 Å². The highest BCUT2D eigenvalue weighted by Gasteiger charge is 2.27. The molecule has 3 aromatic heterocycles. The van der Waals surface area contributed by atoms with Crippen LogP contribution in [0.5, 0.6) is 5.88 Å². The third kappa shape index (κ3) is 6.41. The first kappa shape index (κ1) is 28.7. The summed E-state index contributed by atoms with van der Waals surface area (Å²) in [6, 6.07) is 12.0. The average Bonchev–Trinajstić information content (AvgIpc) is 3.23. The van der Waals surface area contributed by atoms with Crippen LogP contribution in [0.25, 0.3) is 16.7 Å². The number of hydrogen-bond donors (Lipinski definition) is 2. The molecule has 0 spiro atoms. The topological polar surface area (TPSA) is 111 Å². The molecule has 1 atom stereocenters. The number of carbonyl (C=O) groups is 1. The number of nitrogens with zero attached hydrogens (tertiary/aromatic N) is 4. The molecular weight excluding hydrogens is 556 g/mol. The van der Waals surface area contributed by atoms with Crippen LogP contribution >= 0.6 is 11.6 Å². The molecule has 12 heteroatoms. The van der Waals surface area contributed by atoms with Crippen molar-refractivity contribution >= 4 is 28.5 Å². The molecule has 0 unspecified atom stereocenters. The van der Waals surface area contributed by atoms with E-state index in [0.717, 1.165) is 30.1 Å². The summed E-state index contributed by atoms with van der Waals surface area (Å²) >= 11 is 5.90. The molecule has 1 amide bonds. The maximum atomic E-state index is 13.6. The minimum atomic E-state index is -2.89. The Morgan fingerprint density at radius 2 is 1.85 bits per heavy atom. The zero-order valence-electron chi connectivity index (χ0n) is 22.3. The van der Waals surface area contributed by atoms with Crippen molar-refractivity contribution < 1.29 is 23.4 Å². The number of aliphatic hydroxyl groups is 1. The third-order valence-corrected chi connectivity index (χ3v) is 7.45. The molecule has 4 aromatic rings. The molecule has 3 heterocycles. The molecule has 216 valence electrons. The van der Waals surface area contributed by atoms with E-state index < -0.39 is 24.1 Å². The van der Waals surface area contributed by atoms with E-state index in [4.69, 9.17) is 16.3 Å². The SMILES string of the molecule is C[C@@H](O)COc1ccc(-n2c(=O)n(C[C@H]3CC[C@H](NC(=O)c4cc(Cl)cnc4C(F)F)CC3)c3ccccc32)cn1. The first-order valence-electron chi connectivity index (χ1n) is 13.4. The standard InChI is InChI=1S/C29H30ClF2N5O4/c1-17(38)16-41-25-11-10-21(14-33-25)37-24-5-3-2-4-23(24)36(29(37)40)15-18-6-8-20(9-7-18)35-28(39)22-12-19(30)13-34-26(22)27(31)32/h2-5,10-14,17-18,20,27,38H,6-9,15-16H2,1H3,(H,35,39)/t17-,18-,20-/m1/s1. The second kappa shape index (κ2) is 12.4. The quantitative estimate of drug-likeness (QED) is 0.288. The number of aromatic nitrogens is 4. The molecule has 1 saturated carbocycles. The molecule has 1 aliphatic rings. The zero-order chi connectivity index (χ0) is 29.1. The number of alkyl halides is 2. The number of imidazole rings is 1. The molecule has 1 aliphatic carbocycles. The summed E-state index contributed by atoms with van der Waals surface area (Å²) < 4.78 is 35.5. The van der Waals surface area contributed by atoms with Gasteiger partial charge in [-0.25, -0.2) is 18.6 Å². The Morgan fingerprint density at radius 3 is 2.51 bits per heavy atom. The summed E-state index contributed by atoms with van der Waals surface area (Å²) in [4.78, 5) is 34.3. The Hall–Kier alpha value is -3.83. The number of fused-ring (bicyclic) bond motifs is 1. The molecule has 2 N–H and O–H groups in total. The predicted octanol–water partition coefficient (Wildman–Crippen LogP) is 4.92. The highest BCUT2D eigenvalue weighted by molar-refractivity contribution is 6.30. The largest absolute Gasteiger partial charge is 0.475 e. The number of benzene rings is 1. The van der Waals surface area contributed by atoms with Gasteiger partial charge in [-0.2, -0.15) is 0 Å². The minimum Gasteiger partial charge on any atom is -0.475 e. The van der Waals surface area contributed by atoms with Gasteiger partial charge in [0.05, 0.1) is 39.6 Å². The van der Waals surface area contributed by atoms with Crippen LogP contribution in [-0.2, 0) is 6.54 Å². The van der Waals surface area contributed by atoms with Gasteiger partial charge >= 0.3 is 5.69 Å². The van der Waals surface area contributed by atoms with Gasteiger partial charge in [-0.1, -0.05) is 23.7 Å². The van der Waals surface area contributed by atoms with Gasteiger partial charge in [0.25, 0.3) is 12.3 Å². The number of amides is 1. The lowest BCUT2D eigenvalue weighted by Gasteiger charge is -2.29. The van der Waals surface area contributed by atoms with Crippen molar-refractivity contribution in [1.82, 2.24) is 24.4 Å². The van der Waals surface area contributed by atoms with Gasteiger partial charge in [-0.3, -0.25) is 18.9 Å². The number of rotatable bonds is 9. The van der Waals surface area contributed by atoms with Gasteiger partial charge in [-0.05, 0) is 62.8 Å². The van der Waals surface area contributed by atoms with Crippen molar-refractivity contribution in [2.24, 2.45) is 5.92 Å². The summed E-state index contributed by atoms with van der Waals surface area (Å²) in [6.07, 6.45) is 1.97. The smallest absolute Gasteiger partial charge is 0.333 e. The third-order valence-electron chi connectivity index (χ3n) is 7.25. The van der Waals surface area contributed by atoms with Crippen molar-refractivity contribution in [3.05, 3.63) is 81.6 Å². The molecular formula is C29H30ClF2N5O4. The van der Waals surface area contributed by atoms with E-state index in [2.05, 4.69) is 15.3 Å². The van der Waals surface area contributed by atoms with Crippen LogP contribution in [0.3, 0.4) is 0 Å². The van der Waals surface area contributed by atoms with E-state index in [0.29, 0.717) is 31.0 Å². The van der Waals surface area contributed by atoms with Crippen LogP contribution < -0.4 is 15.7 Å². The van der Waals surface area contributed by atoms with E-state index in [1.54, 1.807) is 34.4 Å². The number of halogens is 3. The summed E-state index contributed by atoms with van der Waals surface area (Å²) in [7, 11) is 0. The monoisotopic (exact) mass is 585 g/mol. The van der Waals surface area contributed by atoms with Crippen molar-refractivity contribution in [2.75, 3.05) is 6.61 Å². The Labute approximate surface area is 239 Å². The molecule has 5 rings (SSSR count). The molecule has 0 radical (unpaired) electrons. The molecule has 41 heavy (non-hydrogen) atoms. The van der Waals surface area contributed by atoms with Crippen LogP contribution in [0.1, 0.15) is 55.1 Å². The van der Waals surface area contributed by atoms with Crippen molar-refractivity contribution in [3.63, 3.8) is 0 Å². The van der Waals surface area contributed by atoms with Crippen molar-refractivity contribution in [3.8, 4) is 11.6 Å². The number of hydrogen-bond acceptors (Lipinski definition) is 6. The molecule has 0 saturated heterocycles. The molecule has 9 nitrogen and oxygen atoms in total. The Balaban J connectivity index is 1.28. The number of aliphatic hydroxyl groups excluding tert-OH is 1. The Bertz CT molecular complexity index is 1580. The fraction of sp³-hybridized carbons (Fsp3) is 0.379. The minimum absolute atomic E-state index is 0.115. The number of carbonyl (C=O) groups excluding carboxylic acids is 1. The normalized spacial score (nSPS) is 18.0. The number of ether oxygens (including phenoxy) is 1. The summed E-state index contributed by atoms with van der Waals surface area (Å²) in [5, 5.41) is 12.4. The number of nitrogens with one attached hydrogen (secondary N) is 1. The summed E-state index contributed by atoms with van der Waals surface area (Å²) in [6.45, 7) is 2.24. The first-order chi connectivity index (χ1) is 19.7.